The number of nitrogens with two attached hydrogens (primary N) is 1. The molecule has 1 heterocycles. The second kappa shape index (κ2) is 6.82. The first-order chi connectivity index (χ1) is 12.3. The zero-order chi connectivity index (χ0) is 18.9. The zero-order valence-corrected chi connectivity index (χ0v) is 15.1. The van der Waals surface area contributed by atoms with Gasteiger partial charge in [-0.25, -0.2) is 9.36 Å². The van der Waals surface area contributed by atoms with Crippen molar-refractivity contribution >= 4 is 17.4 Å². The Bertz CT molecular complexity index is 938. The molecule has 3 rings (SSSR count). The molecule has 1 amide bonds. The smallest absolute Gasteiger partial charge is 0.337 e. The number of carbonyl (C=O) groups excluding carboxylic acids is 1. The molecule has 0 aliphatic heterocycles. The van der Waals surface area contributed by atoms with E-state index in [1.54, 1.807) is 24.3 Å². The van der Waals surface area contributed by atoms with Crippen LogP contribution >= 0.6 is 0 Å². The summed E-state index contributed by atoms with van der Waals surface area (Å²) in [5.74, 6) is -0.281. The summed E-state index contributed by atoms with van der Waals surface area (Å²) in [5, 5.41) is 2.71. The van der Waals surface area contributed by atoms with Crippen LogP contribution in [0.1, 0.15) is 39.0 Å². The number of benzene rings is 1. The molecule has 0 unspecified atom stereocenters. The molecule has 0 radical (unpaired) electrons. The molecule has 26 heavy (non-hydrogen) atoms. The van der Waals surface area contributed by atoms with Crippen LogP contribution in [0.15, 0.2) is 39.9 Å². The largest absolute Gasteiger partial charge is 0.383 e. The van der Waals surface area contributed by atoms with Gasteiger partial charge in [-0.2, -0.15) is 0 Å². The first-order valence-electron chi connectivity index (χ1n) is 8.83. The second-order valence-electron chi connectivity index (χ2n) is 7.15. The van der Waals surface area contributed by atoms with E-state index in [4.69, 9.17) is 5.73 Å². The van der Waals surface area contributed by atoms with Crippen LogP contribution in [0, 0.1) is 5.41 Å². The van der Waals surface area contributed by atoms with Crippen molar-refractivity contribution < 1.29 is 4.79 Å². The van der Waals surface area contributed by atoms with Crippen molar-refractivity contribution in [3.63, 3.8) is 0 Å². The molecule has 1 aliphatic rings. The van der Waals surface area contributed by atoms with E-state index in [2.05, 4.69) is 5.32 Å². The summed E-state index contributed by atoms with van der Waals surface area (Å²) in [6.45, 7) is 1.91. The van der Waals surface area contributed by atoms with Crippen LogP contribution in [-0.2, 0) is 11.8 Å². The molecule has 0 spiro atoms. The lowest BCUT2D eigenvalue weighted by Gasteiger charge is -2.32. The molecular weight excluding hydrogens is 332 g/mol. The van der Waals surface area contributed by atoms with E-state index in [0.29, 0.717) is 5.69 Å². The highest BCUT2D eigenvalue weighted by Gasteiger charge is 2.35. The maximum atomic E-state index is 12.8. The summed E-state index contributed by atoms with van der Waals surface area (Å²) >= 11 is 0. The molecule has 7 nitrogen and oxygen atoms in total. The van der Waals surface area contributed by atoms with Crippen LogP contribution in [0.25, 0.3) is 5.69 Å². The molecule has 1 aromatic heterocycles. The standard InChI is InChI=1S/C19H24N4O3/c1-19(11-7-4-8-12-19)17(25)21-14-15(20)23(13-9-5-3-6-10-13)18(26)22(2)16(14)24/h3,5-6,9-10H,4,7-8,11-12,20H2,1-2H3,(H,21,25). The van der Waals surface area contributed by atoms with Gasteiger partial charge in [-0.15, -0.1) is 0 Å². The van der Waals surface area contributed by atoms with Crippen molar-refractivity contribution in [1.29, 1.82) is 0 Å². The van der Waals surface area contributed by atoms with Gasteiger partial charge in [0.15, 0.2) is 0 Å². The fraction of sp³-hybridized carbons (Fsp3) is 0.421. The molecule has 1 fully saturated rings. The average Bonchev–Trinajstić information content (AvgIpc) is 2.65. The quantitative estimate of drug-likeness (QED) is 0.879. The molecule has 0 atom stereocenters. The molecule has 1 aromatic carbocycles. The van der Waals surface area contributed by atoms with Crippen molar-refractivity contribution in [2.45, 2.75) is 39.0 Å². The number of nitrogens with one attached hydrogen (secondary N) is 1. The SMILES string of the molecule is Cn1c(=O)c(NC(=O)C2(C)CCCCC2)c(N)n(-c2ccccc2)c1=O. The summed E-state index contributed by atoms with van der Waals surface area (Å²) in [4.78, 5) is 38.0. The molecule has 0 saturated heterocycles. The van der Waals surface area contributed by atoms with E-state index in [1.807, 2.05) is 13.0 Å². The Labute approximate surface area is 151 Å². The van der Waals surface area contributed by atoms with Crippen molar-refractivity contribution in [3.8, 4) is 5.69 Å². The van der Waals surface area contributed by atoms with E-state index in [0.717, 1.165) is 36.7 Å². The van der Waals surface area contributed by atoms with Crippen molar-refractivity contribution in [2.24, 2.45) is 12.5 Å². The van der Waals surface area contributed by atoms with Crippen LogP contribution < -0.4 is 22.3 Å². The van der Waals surface area contributed by atoms with E-state index >= 15 is 0 Å². The molecule has 2 aromatic rings. The minimum atomic E-state index is -0.604. The Hall–Kier alpha value is -2.83. The molecule has 0 bridgehead atoms. The van der Waals surface area contributed by atoms with Gasteiger partial charge in [0, 0.05) is 12.5 Å². The number of aromatic nitrogens is 2. The molecule has 7 heteroatoms. The Morgan fingerprint density at radius 1 is 1.12 bits per heavy atom. The van der Waals surface area contributed by atoms with Gasteiger partial charge in [-0.1, -0.05) is 44.4 Å². The Morgan fingerprint density at radius 2 is 1.73 bits per heavy atom. The van der Waals surface area contributed by atoms with Crippen LogP contribution in [0.4, 0.5) is 11.5 Å². The highest BCUT2D eigenvalue weighted by atomic mass is 16.2. The summed E-state index contributed by atoms with van der Waals surface area (Å²) in [7, 11) is 1.38. The topological polar surface area (TPSA) is 99.1 Å². The lowest BCUT2D eigenvalue weighted by Crippen LogP contribution is -2.43. The number of rotatable bonds is 3. The van der Waals surface area contributed by atoms with Crippen molar-refractivity contribution in [3.05, 3.63) is 51.2 Å². The lowest BCUT2D eigenvalue weighted by atomic mass is 9.75. The van der Waals surface area contributed by atoms with Gasteiger partial charge in [0.1, 0.15) is 11.5 Å². The third kappa shape index (κ3) is 3.05. The Morgan fingerprint density at radius 3 is 2.35 bits per heavy atom. The molecule has 138 valence electrons. The molecule has 1 saturated carbocycles. The second-order valence-corrected chi connectivity index (χ2v) is 7.15. The third-order valence-electron chi connectivity index (χ3n) is 5.25. The number of para-hydroxylation sites is 1. The van der Waals surface area contributed by atoms with Gasteiger partial charge in [0.25, 0.3) is 5.56 Å². The van der Waals surface area contributed by atoms with Gasteiger partial charge in [-0.3, -0.25) is 14.2 Å². The van der Waals surface area contributed by atoms with Gasteiger partial charge in [-0.05, 0) is 25.0 Å². The predicted octanol–water partition coefficient (Wildman–Crippen LogP) is 2.03. The fourth-order valence-corrected chi connectivity index (χ4v) is 3.50. The number of nitrogen functional groups attached to an aromatic ring is 1. The molecule has 3 N–H and O–H groups in total. The minimum Gasteiger partial charge on any atom is -0.383 e. The maximum Gasteiger partial charge on any atom is 0.337 e. The van der Waals surface area contributed by atoms with Gasteiger partial charge < -0.3 is 11.1 Å². The Balaban J connectivity index is 2.08. The van der Waals surface area contributed by atoms with Crippen LogP contribution in [0.5, 0.6) is 0 Å². The third-order valence-corrected chi connectivity index (χ3v) is 5.25. The summed E-state index contributed by atoms with van der Waals surface area (Å²) in [5.41, 5.74) is 4.94. The minimum absolute atomic E-state index is 0.0484. The predicted molar refractivity (Wildman–Crippen MR) is 102 cm³/mol. The number of carbonyl (C=O) groups is 1. The van der Waals surface area contributed by atoms with E-state index < -0.39 is 16.7 Å². The number of amides is 1. The van der Waals surface area contributed by atoms with E-state index in [9.17, 15) is 14.4 Å². The van der Waals surface area contributed by atoms with Crippen molar-refractivity contribution in [1.82, 2.24) is 9.13 Å². The number of hydrogen-bond acceptors (Lipinski definition) is 4. The summed E-state index contributed by atoms with van der Waals surface area (Å²) < 4.78 is 2.20. The zero-order valence-electron chi connectivity index (χ0n) is 15.1. The van der Waals surface area contributed by atoms with Gasteiger partial charge >= 0.3 is 5.69 Å². The van der Waals surface area contributed by atoms with E-state index in [-0.39, 0.29) is 17.4 Å². The first kappa shape index (κ1) is 18.0. The highest BCUT2D eigenvalue weighted by Crippen LogP contribution is 2.36. The van der Waals surface area contributed by atoms with Crippen LogP contribution in [-0.4, -0.2) is 15.0 Å². The molecule has 1 aliphatic carbocycles. The normalized spacial score (nSPS) is 16.2. The monoisotopic (exact) mass is 356 g/mol. The van der Waals surface area contributed by atoms with Gasteiger partial charge in [0.2, 0.25) is 5.91 Å². The fourth-order valence-electron chi connectivity index (χ4n) is 3.50. The van der Waals surface area contributed by atoms with Crippen molar-refractivity contribution in [2.75, 3.05) is 11.1 Å². The van der Waals surface area contributed by atoms with Crippen LogP contribution in [0.3, 0.4) is 0 Å². The first-order valence-corrected chi connectivity index (χ1v) is 8.83. The van der Waals surface area contributed by atoms with E-state index in [1.165, 1.54) is 11.6 Å². The maximum absolute atomic E-state index is 12.8. The lowest BCUT2D eigenvalue weighted by molar-refractivity contribution is -0.126. The highest BCUT2D eigenvalue weighted by molar-refractivity contribution is 5.97. The Kier molecular flexibility index (Phi) is 4.71. The van der Waals surface area contributed by atoms with Crippen LogP contribution in [0.2, 0.25) is 0 Å². The average molecular weight is 356 g/mol. The number of nitrogens with zero attached hydrogens (tertiary/aromatic N) is 2. The summed E-state index contributed by atoms with van der Waals surface area (Å²) in [6, 6.07) is 8.80. The van der Waals surface area contributed by atoms with Gasteiger partial charge in [0.05, 0.1) is 5.69 Å². The number of hydrogen-bond donors (Lipinski definition) is 2. The number of anilines is 2. The summed E-state index contributed by atoms with van der Waals surface area (Å²) in [6.07, 6.45) is 4.64. The molecular formula is C19H24N4O3.